The first-order valence-corrected chi connectivity index (χ1v) is 7.08. The van der Waals surface area contributed by atoms with Gasteiger partial charge in [0.25, 0.3) is 0 Å². The number of nitrogen functional groups attached to an aromatic ring is 1. The Hall–Kier alpha value is -2.17. The molecule has 0 bridgehead atoms. The minimum absolute atomic E-state index is 0.246. The zero-order valence-electron chi connectivity index (χ0n) is 12.3. The second-order valence-electron chi connectivity index (χ2n) is 6.28. The number of hydrogen-bond donors (Lipinski definition) is 1. The predicted octanol–water partition coefficient (Wildman–Crippen LogP) is 3.10. The Balaban J connectivity index is 2.02. The first-order chi connectivity index (χ1) is 9.98. The first kappa shape index (κ1) is 13.8. The summed E-state index contributed by atoms with van der Waals surface area (Å²) in [4.78, 5) is 10.6. The number of aromatic nitrogens is 2. The summed E-state index contributed by atoms with van der Waals surface area (Å²) in [6, 6.07) is 6.53. The van der Waals surface area contributed by atoms with Crippen LogP contribution in [0.2, 0.25) is 0 Å². The van der Waals surface area contributed by atoms with Crippen LogP contribution in [0, 0.1) is 11.2 Å². The van der Waals surface area contributed by atoms with Gasteiger partial charge >= 0.3 is 0 Å². The number of nitrogens with two attached hydrogens (primary N) is 1. The minimum Gasteiger partial charge on any atom is -0.394 e. The van der Waals surface area contributed by atoms with Crippen LogP contribution in [0.15, 0.2) is 30.6 Å². The second-order valence-corrected chi connectivity index (χ2v) is 6.28. The normalized spacial score (nSPS) is 17.2. The van der Waals surface area contributed by atoms with Crippen molar-refractivity contribution < 1.29 is 4.39 Å². The predicted molar refractivity (Wildman–Crippen MR) is 82.4 cm³/mol. The van der Waals surface area contributed by atoms with Gasteiger partial charge in [-0.15, -0.1) is 0 Å². The van der Waals surface area contributed by atoms with Crippen LogP contribution >= 0.6 is 0 Å². The number of anilines is 2. The van der Waals surface area contributed by atoms with Gasteiger partial charge in [-0.25, -0.2) is 14.4 Å². The van der Waals surface area contributed by atoms with Crippen LogP contribution in [-0.4, -0.2) is 23.1 Å². The molecule has 1 saturated heterocycles. The second kappa shape index (κ2) is 4.98. The Kier molecular flexibility index (Phi) is 3.27. The molecule has 5 heteroatoms. The standard InChI is InChI=1S/C16H19FN4/c1-16(2)7-8-21(9-16)15-13(18)14(19-10-20-15)11-5-3-4-6-12(11)17/h3-6,10H,7-9,18H2,1-2H3. The van der Waals surface area contributed by atoms with Gasteiger partial charge < -0.3 is 10.6 Å². The fraction of sp³-hybridized carbons (Fsp3) is 0.375. The van der Waals surface area contributed by atoms with Gasteiger partial charge in [-0.05, 0) is 24.0 Å². The van der Waals surface area contributed by atoms with Crippen molar-refractivity contribution in [2.75, 3.05) is 23.7 Å². The monoisotopic (exact) mass is 286 g/mol. The Morgan fingerprint density at radius 3 is 2.67 bits per heavy atom. The summed E-state index contributed by atoms with van der Waals surface area (Å²) in [5.41, 5.74) is 7.78. The summed E-state index contributed by atoms with van der Waals surface area (Å²) in [6.45, 7) is 6.25. The van der Waals surface area contributed by atoms with Crippen molar-refractivity contribution in [1.82, 2.24) is 9.97 Å². The lowest BCUT2D eigenvalue weighted by molar-refractivity contribution is 0.418. The van der Waals surface area contributed by atoms with Gasteiger partial charge in [-0.2, -0.15) is 0 Å². The summed E-state index contributed by atoms with van der Waals surface area (Å²) in [5, 5.41) is 0. The average Bonchev–Trinajstić information content (AvgIpc) is 2.80. The molecule has 0 radical (unpaired) electrons. The van der Waals surface area contributed by atoms with Crippen LogP contribution < -0.4 is 10.6 Å². The summed E-state index contributed by atoms with van der Waals surface area (Å²) in [7, 11) is 0. The summed E-state index contributed by atoms with van der Waals surface area (Å²) >= 11 is 0. The van der Waals surface area contributed by atoms with E-state index in [4.69, 9.17) is 5.73 Å². The third-order valence-corrected chi connectivity index (χ3v) is 3.97. The van der Waals surface area contributed by atoms with Crippen molar-refractivity contribution >= 4 is 11.5 Å². The summed E-state index contributed by atoms with van der Waals surface area (Å²) in [6.07, 6.45) is 2.55. The van der Waals surface area contributed by atoms with Crippen molar-refractivity contribution in [3.8, 4) is 11.3 Å². The molecule has 1 aliphatic rings. The van der Waals surface area contributed by atoms with E-state index in [0.717, 1.165) is 19.5 Å². The van der Waals surface area contributed by atoms with Gasteiger partial charge in [-0.3, -0.25) is 0 Å². The molecule has 0 aliphatic carbocycles. The number of rotatable bonds is 2. The Morgan fingerprint density at radius 2 is 2.00 bits per heavy atom. The number of benzene rings is 1. The highest BCUT2D eigenvalue weighted by atomic mass is 19.1. The lowest BCUT2D eigenvalue weighted by Crippen LogP contribution is -2.25. The van der Waals surface area contributed by atoms with Crippen LogP contribution in [0.4, 0.5) is 15.9 Å². The van der Waals surface area contributed by atoms with Crippen LogP contribution in [0.1, 0.15) is 20.3 Å². The Labute approximate surface area is 123 Å². The molecule has 2 heterocycles. The van der Waals surface area contributed by atoms with E-state index in [9.17, 15) is 4.39 Å². The molecule has 0 spiro atoms. The number of halogens is 1. The SMILES string of the molecule is CC1(C)CCN(c2ncnc(-c3ccccc3F)c2N)C1. The van der Waals surface area contributed by atoms with E-state index in [-0.39, 0.29) is 11.2 Å². The number of hydrogen-bond acceptors (Lipinski definition) is 4. The molecule has 110 valence electrons. The molecule has 2 N–H and O–H groups in total. The van der Waals surface area contributed by atoms with E-state index >= 15 is 0 Å². The molecule has 0 amide bonds. The molecule has 21 heavy (non-hydrogen) atoms. The Morgan fingerprint density at radius 1 is 1.24 bits per heavy atom. The highest BCUT2D eigenvalue weighted by Gasteiger charge is 2.31. The maximum Gasteiger partial charge on any atom is 0.155 e. The quantitative estimate of drug-likeness (QED) is 0.921. The van der Waals surface area contributed by atoms with Crippen molar-refractivity contribution in [1.29, 1.82) is 0 Å². The molecule has 3 rings (SSSR count). The fourth-order valence-corrected chi connectivity index (χ4v) is 2.80. The van der Waals surface area contributed by atoms with Gasteiger partial charge in [0.05, 0.1) is 0 Å². The lowest BCUT2D eigenvalue weighted by atomic mass is 9.93. The van der Waals surface area contributed by atoms with Crippen molar-refractivity contribution in [2.45, 2.75) is 20.3 Å². The van der Waals surface area contributed by atoms with E-state index in [2.05, 4.69) is 28.7 Å². The van der Waals surface area contributed by atoms with E-state index < -0.39 is 0 Å². The van der Waals surface area contributed by atoms with Crippen LogP contribution in [0.5, 0.6) is 0 Å². The molecule has 0 atom stereocenters. The van der Waals surface area contributed by atoms with Crippen LogP contribution in [0.3, 0.4) is 0 Å². The third kappa shape index (κ3) is 2.55. The molecule has 0 saturated carbocycles. The first-order valence-electron chi connectivity index (χ1n) is 7.08. The molecule has 1 aromatic heterocycles. The van der Waals surface area contributed by atoms with Gasteiger partial charge in [-0.1, -0.05) is 26.0 Å². The summed E-state index contributed by atoms with van der Waals surface area (Å²) in [5.74, 6) is 0.379. The van der Waals surface area contributed by atoms with Crippen LogP contribution in [-0.2, 0) is 0 Å². The van der Waals surface area contributed by atoms with Crippen molar-refractivity contribution in [3.63, 3.8) is 0 Å². The molecule has 1 aromatic carbocycles. The van der Waals surface area contributed by atoms with Gasteiger partial charge in [0.2, 0.25) is 0 Å². The molecule has 1 aliphatic heterocycles. The molecular weight excluding hydrogens is 267 g/mol. The topological polar surface area (TPSA) is 55.0 Å². The molecule has 1 fully saturated rings. The minimum atomic E-state index is -0.324. The summed E-state index contributed by atoms with van der Waals surface area (Å²) < 4.78 is 14.0. The highest BCUT2D eigenvalue weighted by molar-refractivity contribution is 5.81. The zero-order chi connectivity index (χ0) is 15.0. The van der Waals surface area contributed by atoms with E-state index in [1.807, 2.05) is 0 Å². The van der Waals surface area contributed by atoms with E-state index in [0.29, 0.717) is 22.8 Å². The maximum absolute atomic E-state index is 14.0. The van der Waals surface area contributed by atoms with Gasteiger partial charge in [0.1, 0.15) is 23.5 Å². The average molecular weight is 286 g/mol. The van der Waals surface area contributed by atoms with E-state index in [1.54, 1.807) is 18.2 Å². The van der Waals surface area contributed by atoms with Gasteiger partial charge in [0, 0.05) is 18.7 Å². The molecule has 0 unspecified atom stereocenters. The highest BCUT2D eigenvalue weighted by Crippen LogP contribution is 2.37. The smallest absolute Gasteiger partial charge is 0.155 e. The largest absolute Gasteiger partial charge is 0.394 e. The Bertz CT molecular complexity index is 669. The third-order valence-electron chi connectivity index (χ3n) is 3.97. The van der Waals surface area contributed by atoms with Crippen molar-refractivity contribution in [3.05, 3.63) is 36.4 Å². The van der Waals surface area contributed by atoms with Crippen LogP contribution in [0.25, 0.3) is 11.3 Å². The molecule has 4 nitrogen and oxygen atoms in total. The molecular formula is C16H19FN4. The maximum atomic E-state index is 14.0. The fourth-order valence-electron chi connectivity index (χ4n) is 2.80. The van der Waals surface area contributed by atoms with E-state index in [1.165, 1.54) is 12.4 Å². The zero-order valence-corrected chi connectivity index (χ0v) is 12.3. The lowest BCUT2D eigenvalue weighted by Gasteiger charge is -2.22. The molecule has 2 aromatic rings. The van der Waals surface area contributed by atoms with Crippen molar-refractivity contribution in [2.24, 2.45) is 5.41 Å². The van der Waals surface area contributed by atoms with Gasteiger partial charge in [0.15, 0.2) is 5.82 Å². The number of nitrogens with zero attached hydrogens (tertiary/aromatic N) is 3.